The van der Waals surface area contributed by atoms with Crippen molar-refractivity contribution in [3.05, 3.63) is 55.1 Å². The summed E-state index contributed by atoms with van der Waals surface area (Å²) in [4.78, 5) is 39.8. The molecule has 1 amide bonds. The first-order valence-electron chi connectivity index (χ1n) is 7.63. The molecule has 0 radical (unpaired) electrons. The number of hydrogen-bond acceptors (Lipinski definition) is 6. The second kappa shape index (κ2) is 10.6. The number of amides is 1. The smallest absolute Gasteiger partial charge is 0.343 e. The van der Waals surface area contributed by atoms with Crippen LogP contribution in [0.15, 0.2) is 49.6 Å². The van der Waals surface area contributed by atoms with Gasteiger partial charge in [-0.15, -0.1) is 13.2 Å². The Kier molecular flexibility index (Phi) is 8.49. The molecule has 0 unspecified atom stereocenters. The molecule has 0 saturated heterocycles. The highest BCUT2D eigenvalue weighted by molar-refractivity contribution is 5.91. The highest BCUT2D eigenvalue weighted by Crippen LogP contribution is 2.16. The van der Waals surface area contributed by atoms with Gasteiger partial charge in [0.1, 0.15) is 13.0 Å². The molecular weight excluding hydrogens is 324 g/mol. The number of rotatable bonds is 9. The van der Waals surface area contributed by atoms with E-state index in [1.807, 2.05) is 29.7 Å². The van der Waals surface area contributed by atoms with Crippen LogP contribution in [0.5, 0.6) is 0 Å². The Bertz CT molecular complexity index is 615. The van der Waals surface area contributed by atoms with E-state index < -0.39 is 24.3 Å². The number of nitrogens with zero attached hydrogens (tertiary/aromatic N) is 1. The number of carbonyl (C=O) groups is 3. The van der Waals surface area contributed by atoms with E-state index in [9.17, 15) is 14.4 Å². The van der Waals surface area contributed by atoms with Gasteiger partial charge in [-0.3, -0.25) is 9.59 Å². The molecule has 0 aliphatic carbocycles. The average Bonchev–Trinajstić information content (AvgIpc) is 2.58. The Labute approximate surface area is 146 Å². The predicted molar refractivity (Wildman–Crippen MR) is 93.4 cm³/mol. The molecule has 1 aromatic carbocycles. The summed E-state index contributed by atoms with van der Waals surface area (Å²) >= 11 is 0. The lowest BCUT2D eigenvalue weighted by molar-refractivity contribution is -0.163. The molecule has 7 heteroatoms. The van der Waals surface area contributed by atoms with Crippen molar-refractivity contribution >= 4 is 23.5 Å². The third kappa shape index (κ3) is 7.83. The molecule has 1 N–H and O–H groups in total. The standard InChI is InChI=1S/C18H22N2O5/c1-4-10-20(11-5-2)16-8-6-15(7-9-16)13-24-17(22)12-18(23)25-19-14(3)21/h4-9H,1-2,10-13H2,3H3,(H,19,21). The van der Waals surface area contributed by atoms with Crippen molar-refractivity contribution in [3.63, 3.8) is 0 Å². The Morgan fingerprint density at radius 3 is 2.20 bits per heavy atom. The van der Waals surface area contributed by atoms with Gasteiger partial charge < -0.3 is 14.5 Å². The number of hydrogen-bond donors (Lipinski definition) is 1. The maximum atomic E-state index is 11.6. The molecule has 134 valence electrons. The van der Waals surface area contributed by atoms with Crippen molar-refractivity contribution in [1.29, 1.82) is 0 Å². The Balaban J connectivity index is 2.48. The molecule has 1 rings (SSSR count). The van der Waals surface area contributed by atoms with Crippen molar-refractivity contribution in [3.8, 4) is 0 Å². The fourth-order valence-electron chi connectivity index (χ4n) is 1.90. The molecule has 1 aromatic rings. The molecule has 0 aliphatic rings. The number of carbonyl (C=O) groups excluding carboxylic acids is 3. The summed E-state index contributed by atoms with van der Waals surface area (Å²) < 4.78 is 5.00. The van der Waals surface area contributed by atoms with E-state index in [0.717, 1.165) is 11.3 Å². The van der Waals surface area contributed by atoms with Crippen LogP contribution in [0, 0.1) is 0 Å². The normalized spacial score (nSPS) is 9.64. The Hall–Kier alpha value is -3.09. The monoisotopic (exact) mass is 346 g/mol. The summed E-state index contributed by atoms with van der Waals surface area (Å²) in [7, 11) is 0. The van der Waals surface area contributed by atoms with E-state index in [-0.39, 0.29) is 6.61 Å². The highest BCUT2D eigenvalue weighted by Gasteiger charge is 2.13. The topological polar surface area (TPSA) is 84.9 Å². The number of benzene rings is 1. The minimum Gasteiger partial charge on any atom is -0.460 e. The van der Waals surface area contributed by atoms with Crippen molar-refractivity contribution in [2.75, 3.05) is 18.0 Å². The molecule has 0 spiro atoms. The van der Waals surface area contributed by atoms with Crippen LogP contribution in [-0.4, -0.2) is 30.9 Å². The summed E-state index contributed by atoms with van der Waals surface area (Å²) in [5, 5.41) is 0. The van der Waals surface area contributed by atoms with Crippen molar-refractivity contribution in [2.24, 2.45) is 0 Å². The third-order valence-electron chi connectivity index (χ3n) is 3.00. The van der Waals surface area contributed by atoms with Crippen LogP contribution in [0.2, 0.25) is 0 Å². The Morgan fingerprint density at radius 1 is 1.08 bits per heavy atom. The molecule has 25 heavy (non-hydrogen) atoms. The molecular formula is C18H22N2O5. The predicted octanol–water partition coefficient (Wildman–Crippen LogP) is 1.89. The Morgan fingerprint density at radius 2 is 1.68 bits per heavy atom. The van der Waals surface area contributed by atoms with E-state index in [0.29, 0.717) is 13.1 Å². The van der Waals surface area contributed by atoms with Gasteiger partial charge in [0, 0.05) is 25.7 Å². The lowest BCUT2D eigenvalue weighted by Gasteiger charge is -2.21. The molecule has 0 fully saturated rings. The van der Waals surface area contributed by atoms with E-state index >= 15 is 0 Å². The minimum atomic E-state index is -0.889. The summed E-state index contributed by atoms with van der Waals surface area (Å²) in [5.74, 6) is -2.16. The lowest BCUT2D eigenvalue weighted by atomic mass is 10.2. The number of ether oxygens (including phenoxy) is 1. The minimum absolute atomic E-state index is 0.0371. The first-order chi connectivity index (χ1) is 12.0. The summed E-state index contributed by atoms with van der Waals surface area (Å²) in [5.41, 5.74) is 3.62. The van der Waals surface area contributed by atoms with E-state index in [4.69, 9.17) is 4.74 Å². The summed E-state index contributed by atoms with van der Waals surface area (Å²) in [6.07, 6.45) is 3.03. The van der Waals surface area contributed by atoms with Crippen LogP contribution in [-0.2, 0) is 30.6 Å². The lowest BCUT2D eigenvalue weighted by Crippen LogP contribution is -2.26. The van der Waals surface area contributed by atoms with Crippen LogP contribution in [0.1, 0.15) is 18.9 Å². The van der Waals surface area contributed by atoms with Crippen LogP contribution in [0.25, 0.3) is 0 Å². The van der Waals surface area contributed by atoms with Gasteiger partial charge in [0.05, 0.1) is 0 Å². The number of nitrogens with one attached hydrogen (secondary N) is 1. The van der Waals surface area contributed by atoms with Gasteiger partial charge in [-0.05, 0) is 17.7 Å². The zero-order valence-corrected chi connectivity index (χ0v) is 14.2. The van der Waals surface area contributed by atoms with Gasteiger partial charge in [-0.25, -0.2) is 4.79 Å². The third-order valence-corrected chi connectivity index (χ3v) is 3.00. The van der Waals surface area contributed by atoms with E-state index in [2.05, 4.69) is 22.9 Å². The second-order valence-electron chi connectivity index (χ2n) is 5.12. The molecule has 0 atom stereocenters. The maximum absolute atomic E-state index is 11.6. The molecule has 0 aliphatic heterocycles. The first kappa shape index (κ1) is 20.0. The summed E-state index contributed by atoms with van der Waals surface area (Å²) in [6, 6.07) is 7.47. The first-order valence-corrected chi connectivity index (χ1v) is 7.63. The van der Waals surface area contributed by atoms with Gasteiger partial charge in [0.2, 0.25) is 5.91 Å². The van der Waals surface area contributed by atoms with Crippen molar-refractivity contribution in [2.45, 2.75) is 20.0 Å². The number of esters is 1. The van der Waals surface area contributed by atoms with E-state index in [1.165, 1.54) is 6.92 Å². The molecule has 7 nitrogen and oxygen atoms in total. The van der Waals surface area contributed by atoms with Crippen LogP contribution < -0.4 is 10.4 Å². The fraction of sp³-hybridized carbons (Fsp3) is 0.278. The zero-order valence-electron chi connectivity index (χ0n) is 14.2. The van der Waals surface area contributed by atoms with Crippen molar-refractivity contribution in [1.82, 2.24) is 5.48 Å². The van der Waals surface area contributed by atoms with Gasteiger partial charge in [0.15, 0.2) is 0 Å². The molecule has 0 aromatic heterocycles. The molecule has 0 bridgehead atoms. The van der Waals surface area contributed by atoms with Gasteiger partial charge in [-0.1, -0.05) is 24.3 Å². The number of anilines is 1. The van der Waals surface area contributed by atoms with E-state index in [1.54, 1.807) is 12.2 Å². The van der Waals surface area contributed by atoms with Crippen LogP contribution in [0.3, 0.4) is 0 Å². The largest absolute Gasteiger partial charge is 0.460 e. The second-order valence-corrected chi connectivity index (χ2v) is 5.12. The SMILES string of the molecule is C=CCN(CC=C)c1ccc(COC(=O)CC(=O)ONC(C)=O)cc1. The van der Waals surface area contributed by atoms with Crippen molar-refractivity contribution < 1.29 is 24.0 Å². The average molecular weight is 346 g/mol. The zero-order chi connectivity index (χ0) is 18.7. The van der Waals surface area contributed by atoms with Gasteiger partial charge in [-0.2, -0.15) is 5.48 Å². The summed E-state index contributed by atoms with van der Waals surface area (Å²) in [6.45, 7) is 10.1. The molecule has 0 heterocycles. The molecule has 0 saturated carbocycles. The van der Waals surface area contributed by atoms with Crippen LogP contribution in [0.4, 0.5) is 5.69 Å². The maximum Gasteiger partial charge on any atom is 0.343 e. The quantitative estimate of drug-likeness (QED) is 0.318. The van der Waals surface area contributed by atoms with Crippen LogP contribution >= 0.6 is 0 Å². The van der Waals surface area contributed by atoms with Gasteiger partial charge in [0.25, 0.3) is 0 Å². The number of hydroxylamine groups is 1. The highest BCUT2D eigenvalue weighted by atomic mass is 16.7. The van der Waals surface area contributed by atoms with Gasteiger partial charge >= 0.3 is 11.9 Å². The fourth-order valence-corrected chi connectivity index (χ4v) is 1.90.